The fourth-order valence-corrected chi connectivity index (χ4v) is 2.53. The number of likely N-dealkylation sites (tertiary alicyclic amines) is 1. The van der Waals surface area contributed by atoms with Gasteiger partial charge in [0.25, 0.3) is 0 Å². The van der Waals surface area contributed by atoms with Crippen LogP contribution in [0.2, 0.25) is 0 Å². The van der Waals surface area contributed by atoms with E-state index in [-0.39, 0.29) is 5.75 Å². The molecule has 1 aliphatic heterocycles. The molecule has 0 unspecified atom stereocenters. The van der Waals surface area contributed by atoms with Crippen LogP contribution in [0.25, 0.3) is 0 Å². The molecule has 0 aromatic heterocycles. The third kappa shape index (κ3) is 4.17. The van der Waals surface area contributed by atoms with Crippen LogP contribution in [0.5, 0.6) is 5.75 Å². The van der Waals surface area contributed by atoms with Crippen LogP contribution in [0.4, 0.5) is 12.9 Å². The van der Waals surface area contributed by atoms with Gasteiger partial charge in [-0.2, -0.15) is 0 Å². The van der Waals surface area contributed by atoms with Crippen LogP contribution in [0.1, 0.15) is 24.8 Å². The van der Waals surface area contributed by atoms with Gasteiger partial charge in [-0.1, -0.05) is 23.2 Å². The predicted octanol–water partition coefficient (Wildman–Crippen LogP) is 2.91. The number of nitrogens with zero attached hydrogens (tertiary/aromatic N) is 1. The Labute approximate surface area is 118 Å². The number of hydrogen-bond donors (Lipinski definition) is 0. The molecule has 1 heterocycles. The van der Waals surface area contributed by atoms with E-state index in [9.17, 15) is 12.9 Å². The fourth-order valence-electron chi connectivity index (χ4n) is 2.53. The quantitative estimate of drug-likeness (QED) is 0.589. The highest BCUT2D eigenvalue weighted by molar-refractivity contribution is 6.74. The summed E-state index contributed by atoms with van der Waals surface area (Å²) in [6.07, 6.45) is 3.21. The first-order valence-electron chi connectivity index (χ1n) is 7.12. The molecule has 0 atom stereocenters. The van der Waals surface area contributed by atoms with Crippen molar-refractivity contribution in [2.24, 2.45) is 0 Å². The number of benzene rings is 1. The van der Waals surface area contributed by atoms with E-state index in [1.165, 1.54) is 18.9 Å². The molecule has 1 saturated heterocycles. The molecular formula is C14H20BF3NO-. The largest absolute Gasteiger partial charge is 0.513 e. The van der Waals surface area contributed by atoms with Crippen LogP contribution in [0, 0.1) is 6.92 Å². The van der Waals surface area contributed by atoms with E-state index >= 15 is 0 Å². The Hall–Kier alpha value is -1.17. The molecule has 112 valence electrons. The van der Waals surface area contributed by atoms with E-state index in [0.29, 0.717) is 12.2 Å². The third-order valence-corrected chi connectivity index (χ3v) is 3.59. The van der Waals surface area contributed by atoms with Crippen molar-refractivity contribution in [2.75, 3.05) is 26.2 Å². The van der Waals surface area contributed by atoms with Crippen molar-refractivity contribution in [1.82, 2.24) is 4.90 Å². The number of hydrogen-bond acceptors (Lipinski definition) is 2. The molecule has 2 nitrogen and oxygen atoms in total. The summed E-state index contributed by atoms with van der Waals surface area (Å²) in [5.41, 5.74) is -0.0187. The highest BCUT2D eigenvalue weighted by Gasteiger charge is 2.29. The second kappa shape index (κ2) is 6.52. The van der Waals surface area contributed by atoms with E-state index in [1.807, 2.05) is 0 Å². The predicted molar refractivity (Wildman–Crippen MR) is 75.7 cm³/mol. The summed E-state index contributed by atoms with van der Waals surface area (Å²) in [5, 5.41) is 0. The van der Waals surface area contributed by atoms with Gasteiger partial charge in [0.1, 0.15) is 0 Å². The lowest BCUT2D eigenvalue weighted by molar-refractivity contribution is 0.264. The lowest BCUT2D eigenvalue weighted by Gasteiger charge is -2.21. The first-order valence-corrected chi connectivity index (χ1v) is 7.12. The zero-order valence-corrected chi connectivity index (χ0v) is 11.7. The van der Waals surface area contributed by atoms with Crippen molar-refractivity contribution in [3.63, 3.8) is 0 Å². The monoisotopic (exact) mass is 286 g/mol. The SMILES string of the molecule is Cc1ccc(OCCCN2CCCC2)c([B-](F)(F)F)c1. The van der Waals surface area contributed by atoms with Gasteiger partial charge in [0.05, 0.1) is 12.4 Å². The highest BCUT2D eigenvalue weighted by Crippen LogP contribution is 2.19. The van der Waals surface area contributed by atoms with Gasteiger partial charge in [-0.25, -0.2) is 0 Å². The Morgan fingerprint density at radius 1 is 1.20 bits per heavy atom. The maximum atomic E-state index is 13.0. The topological polar surface area (TPSA) is 12.5 Å². The van der Waals surface area contributed by atoms with Crippen molar-refractivity contribution < 1.29 is 17.7 Å². The average Bonchev–Trinajstić information content (AvgIpc) is 2.88. The van der Waals surface area contributed by atoms with Gasteiger partial charge in [-0.3, -0.25) is 0 Å². The molecule has 0 spiro atoms. The third-order valence-electron chi connectivity index (χ3n) is 3.59. The fraction of sp³-hybridized carbons (Fsp3) is 0.571. The molecule has 0 saturated carbocycles. The van der Waals surface area contributed by atoms with Gasteiger partial charge < -0.3 is 22.6 Å². The zero-order valence-electron chi connectivity index (χ0n) is 11.7. The molecule has 6 heteroatoms. The normalized spacial score (nSPS) is 16.6. The van der Waals surface area contributed by atoms with Crippen LogP contribution in [-0.2, 0) is 0 Å². The zero-order chi connectivity index (χ0) is 14.6. The smallest absolute Gasteiger partial charge is 0.497 e. The molecular weight excluding hydrogens is 266 g/mol. The Morgan fingerprint density at radius 3 is 2.55 bits per heavy atom. The summed E-state index contributed by atoms with van der Waals surface area (Å²) in [4.78, 5) is 2.33. The van der Waals surface area contributed by atoms with Gasteiger partial charge >= 0.3 is 6.98 Å². The van der Waals surface area contributed by atoms with Crippen molar-refractivity contribution in [3.8, 4) is 5.75 Å². The Balaban J connectivity index is 1.88. The van der Waals surface area contributed by atoms with Crippen molar-refractivity contribution in [3.05, 3.63) is 23.8 Å². The summed E-state index contributed by atoms with van der Waals surface area (Å²) >= 11 is 0. The maximum absolute atomic E-state index is 13.0. The van der Waals surface area contributed by atoms with Crippen LogP contribution in [0.3, 0.4) is 0 Å². The molecule has 1 fully saturated rings. The lowest BCUT2D eigenvalue weighted by Crippen LogP contribution is -2.35. The lowest BCUT2D eigenvalue weighted by atomic mass is 9.78. The second-order valence-electron chi connectivity index (χ2n) is 5.37. The standard InChI is InChI=1S/C14H20BF3NO/c1-12-5-6-14(13(11-12)15(16,17)18)20-10-4-9-19-7-2-3-8-19/h5-6,11H,2-4,7-10H2,1H3/q-1. The Bertz CT molecular complexity index is 445. The molecule has 20 heavy (non-hydrogen) atoms. The van der Waals surface area contributed by atoms with Crippen LogP contribution < -0.4 is 10.2 Å². The first kappa shape index (κ1) is 15.2. The molecule has 0 radical (unpaired) electrons. The van der Waals surface area contributed by atoms with E-state index < -0.39 is 12.4 Å². The van der Waals surface area contributed by atoms with E-state index in [4.69, 9.17) is 4.74 Å². The van der Waals surface area contributed by atoms with Gasteiger partial charge in [0.2, 0.25) is 0 Å². The molecule has 0 aliphatic carbocycles. The van der Waals surface area contributed by atoms with Crippen molar-refractivity contribution >= 4 is 12.4 Å². The molecule has 0 bridgehead atoms. The summed E-state index contributed by atoms with van der Waals surface area (Å²) in [6, 6.07) is 4.24. The van der Waals surface area contributed by atoms with Crippen molar-refractivity contribution in [2.45, 2.75) is 26.2 Å². The number of ether oxygens (including phenoxy) is 1. The minimum atomic E-state index is -5.02. The summed E-state index contributed by atoms with van der Waals surface area (Å²) < 4.78 is 44.2. The van der Waals surface area contributed by atoms with Crippen LogP contribution >= 0.6 is 0 Å². The van der Waals surface area contributed by atoms with Gasteiger partial charge in [0.15, 0.2) is 0 Å². The average molecular weight is 286 g/mol. The maximum Gasteiger partial charge on any atom is 0.513 e. The molecule has 1 aromatic rings. The molecule has 2 rings (SSSR count). The molecule has 1 aromatic carbocycles. The van der Waals surface area contributed by atoms with Gasteiger partial charge in [-0.05, 0) is 45.3 Å². The minimum absolute atomic E-state index is 0.0375. The highest BCUT2D eigenvalue weighted by atomic mass is 19.4. The summed E-state index contributed by atoms with van der Waals surface area (Å²) in [7, 11) is 0. The Morgan fingerprint density at radius 2 is 1.90 bits per heavy atom. The number of rotatable bonds is 6. The Kier molecular flexibility index (Phi) is 4.97. The number of halogens is 3. The minimum Gasteiger partial charge on any atom is -0.497 e. The molecule has 0 N–H and O–H groups in total. The molecule has 0 amide bonds. The van der Waals surface area contributed by atoms with Crippen LogP contribution in [-0.4, -0.2) is 38.1 Å². The van der Waals surface area contributed by atoms with Crippen molar-refractivity contribution in [1.29, 1.82) is 0 Å². The van der Waals surface area contributed by atoms with E-state index in [2.05, 4.69) is 4.90 Å². The van der Waals surface area contributed by atoms with E-state index in [1.54, 1.807) is 13.0 Å². The van der Waals surface area contributed by atoms with Gasteiger partial charge in [-0.15, -0.1) is 0 Å². The summed E-state index contributed by atoms with van der Waals surface area (Å²) in [6.45, 7) is 0.0614. The second-order valence-corrected chi connectivity index (χ2v) is 5.37. The van der Waals surface area contributed by atoms with Gasteiger partial charge in [0, 0.05) is 6.54 Å². The molecule has 1 aliphatic rings. The van der Waals surface area contributed by atoms with E-state index in [0.717, 1.165) is 32.1 Å². The number of aryl methyl sites for hydroxylation is 1. The van der Waals surface area contributed by atoms with Crippen LogP contribution in [0.15, 0.2) is 18.2 Å². The summed E-state index contributed by atoms with van der Waals surface area (Å²) in [5.74, 6) is -0.0375. The first-order chi connectivity index (χ1) is 9.47.